The van der Waals surface area contributed by atoms with Gasteiger partial charge in [0.25, 0.3) is 5.91 Å². The standard InChI is InChI=1S/C13H20FN3OS/c1-4-6-15-12-11(14)10(5-7-16-12)13(18)17-9(2)8-19-3/h5,7,9H,4,6,8H2,1-3H3,(H,15,16)(H,17,18). The first-order valence-corrected chi connectivity index (χ1v) is 7.67. The van der Waals surface area contributed by atoms with Crippen LogP contribution >= 0.6 is 11.8 Å². The Morgan fingerprint density at radius 1 is 1.58 bits per heavy atom. The summed E-state index contributed by atoms with van der Waals surface area (Å²) in [7, 11) is 0. The number of anilines is 1. The number of pyridine rings is 1. The number of carbonyl (C=O) groups is 1. The van der Waals surface area contributed by atoms with Gasteiger partial charge in [0.2, 0.25) is 0 Å². The molecule has 1 atom stereocenters. The summed E-state index contributed by atoms with van der Waals surface area (Å²) in [5, 5.41) is 5.63. The molecule has 1 amide bonds. The van der Waals surface area contributed by atoms with E-state index in [2.05, 4.69) is 15.6 Å². The van der Waals surface area contributed by atoms with Gasteiger partial charge in [-0.15, -0.1) is 0 Å². The van der Waals surface area contributed by atoms with Crippen molar-refractivity contribution in [3.63, 3.8) is 0 Å². The van der Waals surface area contributed by atoms with E-state index >= 15 is 0 Å². The first-order chi connectivity index (χ1) is 9.10. The first-order valence-electron chi connectivity index (χ1n) is 6.28. The van der Waals surface area contributed by atoms with Gasteiger partial charge < -0.3 is 10.6 Å². The maximum Gasteiger partial charge on any atom is 0.254 e. The molecule has 1 aromatic heterocycles. The van der Waals surface area contributed by atoms with E-state index < -0.39 is 11.7 Å². The molecule has 2 N–H and O–H groups in total. The topological polar surface area (TPSA) is 54.0 Å². The van der Waals surface area contributed by atoms with E-state index in [1.165, 1.54) is 12.3 Å². The van der Waals surface area contributed by atoms with Crippen LogP contribution in [0.1, 0.15) is 30.6 Å². The normalized spacial score (nSPS) is 12.0. The summed E-state index contributed by atoms with van der Waals surface area (Å²) in [6, 6.07) is 1.40. The van der Waals surface area contributed by atoms with E-state index in [9.17, 15) is 9.18 Å². The average Bonchev–Trinajstić information content (AvgIpc) is 2.37. The van der Waals surface area contributed by atoms with Crippen LogP contribution in [0.3, 0.4) is 0 Å². The van der Waals surface area contributed by atoms with Gasteiger partial charge in [-0.25, -0.2) is 9.37 Å². The summed E-state index contributed by atoms with van der Waals surface area (Å²) in [5.41, 5.74) is 0.0292. The second-order valence-corrected chi connectivity index (χ2v) is 5.19. The highest BCUT2D eigenvalue weighted by molar-refractivity contribution is 7.98. The lowest BCUT2D eigenvalue weighted by atomic mass is 10.2. The van der Waals surface area contributed by atoms with E-state index in [0.717, 1.165) is 12.2 Å². The highest BCUT2D eigenvalue weighted by Crippen LogP contribution is 2.15. The van der Waals surface area contributed by atoms with E-state index in [1.807, 2.05) is 20.1 Å². The van der Waals surface area contributed by atoms with Gasteiger partial charge >= 0.3 is 0 Å². The van der Waals surface area contributed by atoms with Crippen LogP contribution in [-0.2, 0) is 0 Å². The molecule has 0 fully saturated rings. The molecule has 0 aliphatic rings. The Morgan fingerprint density at radius 2 is 2.32 bits per heavy atom. The third-order valence-electron chi connectivity index (χ3n) is 2.47. The van der Waals surface area contributed by atoms with Gasteiger partial charge in [0.05, 0.1) is 5.56 Å². The predicted octanol–water partition coefficient (Wildman–Crippen LogP) is 2.52. The number of aromatic nitrogens is 1. The van der Waals surface area contributed by atoms with Crippen molar-refractivity contribution in [1.82, 2.24) is 10.3 Å². The number of rotatable bonds is 7. The Morgan fingerprint density at radius 3 is 2.95 bits per heavy atom. The Hall–Kier alpha value is -1.30. The summed E-state index contributed by atoms with van der Waals surface area (Å²) in [6.45, 7) is 4.49. The average molecular weight is 285 g/mol. The number of nitrogens with one attached hydrogen (secondary N) is 2. The smallest absolute Gasteiger partial charge is 0.254 e. The van der Waals surface area contributed by atoms with E-state index in [-0.39, 0.29) is 17.4 Å². The largest absolute Gasteiger partial charge is 0.368 e. The van der Waals surface area contributed by atoms with Crippen LogP contribution in [0.25, 0.3) is 0 Å². The van der Waals surface area contributed by atoms with Crippen LogP contribution in [0.2, 0.25) is 0 Å². The van der Waals surface area contributed by atoms with Crippen molar-refractivity contribution in [1.29, 1.82) is 0 Å². The van der Waals surface area contributed by atoms with Crippen LogP contribution in [0.5, 0.6) is 0 Å². The fourth-order valence-electron chi connectivity index (χ4n) is 1.58. The highest BCUT2D eigenvalue weighted by atomic mass is 32.2. The van der Waals surface area contributed by atoms with Gasteiger partial charge in [-0.3, -0.25) is 4.79 Å². The molecule has 1 unspecified atom stereocenters. The van der Waals surface area contributed by atoms with Crippen molar-refractivity contribution < 1.29 is 9.18 Å². The number of nitrogens with zero attached hydrogens (tertiary/aromatic N) is 1. The molecule has 0 aliphatic carbocycles. The second-order valence-electron chi connectivity index (χ2n) is 4.28. The molecule has 0 radical (unpaired) electrons. The zero-order valence-corrected chi connectivity index (χ0v) is 12.3. The molecule has 0 aliphatic heterocycles. The number of amides is 1. The minimum absolute atomic E-state index is 0.00196. The van der Waals surface area contributed by atoms with Crippen LogP contribution in [0.4, 0.5) is 10.2 Å². The van der Waals surface area contributed by atoms with E-state index in [4.69, 9.17) is 0 Å². The summed E-state index contributed by atoms with van der Waals surface area (Å²) < 4.78 is 14.1. The molecular formula is C13H20FN3OS. The molecule has 19 heavy (non-hydrogen) atoms. The molecular weight excluding hydrogens is 265 g/mol. The van der Waals surface area contributed by atoms with E-state index in [1.54, 1.807) is 11.8 Å². The lowest BCUT2D eigenvalue weighted by molar-refractivity contribution is 0.0939. The van der Waals surface area contributed by atoms with Gasteiger partial charge in [-0.05, 0) is 25.7 Å². The van der Waals surface area contributed by atoms with Crippen molar-refractivity contribution in [2.24, 2.45) is 0 Å². The monoisotopic (exact) mass is 285 g/mol. The van der Waals surface area contributed by atoms with E-state index in [0.29, 0.717) is 6.54 Å². The molecule has 0 aromatic carbocycles. The molecule has 0 bridgehead atoms. The number of halogens is 1. The summed E-state index contributed by atoms with van der Waals surface area (Å²) in [4.78, 5) is 15.9. The van der Waals surface area contributed by atoms with Gasteiger partial charge in [0.15, 0.2) is 11.6 Å². The van der Waals surface area contributed by atoms with Gasteiger partial charge in [0, 0.05) is 24.5 Å². The van der Waals surface area contributed by atoms with Crippen molar-refractivity contribution >= 4 is 23.5 Å². The minimum Gasteiger partial charge on any atom is -0.368 e. The molecule has 6 heteroatoms. The molecule has 1 heterocycles. The molecule has 0 saturated heterocycles. The van der Waals surface area contributed by atoms with Crippen molar-refractivity contribution in [2.75, 3.05) is 23.9 Å². The van der Waals surface area contributed by atoms with Gasteiger partial charge in [-0.2, -0.15) is 11.8 Å². The highest BCUT2D eigenvalue weighted by Gasteiger charge is 2.17. The zero-order valence-electron chi connectivity index (χ0n) is 11.5. The van der Waals surface area contributed by atoms with Crippen LogP contribution in [-0.4, -0.2) is 35.5 Å². The first kappa shape index (κ1) is 15.8. The van der Waals surface area contributed by atoms with Crippen LogP contribution in [0, 0.1) is 5.82 Å². The molecule has 1 rings (SSSR count). The Kier molecular flexibility index (Phi) is 6.62. The number of carbonyl (C=O) groups excluding carboxylic acids is 1. The predicted molar refractivity (Wildman–Crippen MR) is 78.3 cm³/mol. The molecule has 106 valence electrons. The maximum atomic E-state index is 14.1. The molecule has 0 spiro atoms. The lowest BCUT2D eigenvalue weighted by Gasteiger charge is -2.14. The summed E-state index contributed by atoms with van der Waals surface area (Å²) in [5.74, 6) is -0.0721. The zero-order chi connectivity index (χ0) is 14.3. The molecule has 0 saturated carbocycles. The summed E-state index contributed by atoms with van der Waals surface area (Å²) in [6.07, 6.45) is 4.26. The maximum absolute atomic E-state index is 14.1. The minimum atomic E-state index is -0.593. The Balaban J connectivity index is 2.79. The quantitative estimate of drug-likeness (QED) is 0.808. The Labute approximate surface area is 117 Å². The third-order valence-corrected chi connectivity index (χ3v) is 3.30. The van der Waals surface area contributed by atoms with Crippen LogP contribution in [0.15, 0.2) is 12.3 Å². The third kappa shape index (κ3) is 4.70. The van der Waals surface area contributed by atoms with Crippen molar-refractivity contribution in [2.45, 2.75) is 26.3 Å². The Bertz CT molecular complexity index is 428. The molecule has 4 nitrogen and oxygen atoms in total. The number of hydrogen-bond donors (Lipinski definition) is 2. The SMILES string of the molecule is CCCNc1nccc(C(=O)NC(C)CSC)c1F. The number of thioether (sulfide) groups is 1. The van der Waals surface area contributed by atoms with Crippen LogP contribution < -0.4 is 10.6 Å². The summed E-state index contributed by atoms with van der Waals surface area (Å²) >= 11 is 1.63. The van der Waals surface area contributed by atoms with Gasteiger partial charge in [-0.1, -0.05) is 6.92 Å². The molecule has 1 aromatic rings. The fraction of sp³-hybridized carbons (Fsp3) is 0.538. The van der Waals surface area contributed by atoms with Gasteiger partial charge in [0.1, 0.15) is 0 Å². The fourth-order valence-corrected chi connectivity index (χ4v) is 2.16. The van der Waals surface area contributed by atoms with Crippen molar-refractivity contribution in [3.05, 3.63) is 23.6 Å². The second kappa shape index (κ2) is 7.99. The van der Waals surface area contributed by atoms with Crippen molar-refractivity contribution in [3.8, 4) is 0 Å². The lowest BCUT2D eigenvalue weighted by Crippen LogP contribution is -2.34. The number of hydrogen-bond acceptors (Lipinski definition) is 4.